The van der Waals surface area contributed by atoms with Gasteiger partial charge < -0.3 is 10.1 Å². The van der Waals surface area contributed by atoms with E-state index in [9.17, 15) is 9.18 Å². The van der Waals surface area contributed by atoms with Crippen LogP contribution in [0.1, 0.15) is 23.6 Å². The monoisotopic (exact) mass is 367 g/mol. The van der Waals surface area contributed by atoms with E-state index in [1.165, 1.54) is 6.07 Å². The number of halogens is 1. The number of para-hydroxylation sites is 1. The van der Waals surface area contributed by atoms with Crippen LogP contribution in [0.2, 0.25) is 0 Å². The third-order valence-corrected chi connectivity index (χ3v) is 4.31. The van der Waals surface area contributed by atoms with Crippen molar-refractivity contribution >= 4 is 11.8 Å². The van der Waals surface area contributed by atoms with Crippen LogP contribution in [-0.4, -0.2) is 27.4 Å². The van der Waals surface area contributed by atoms with Crippen LogP contribution >= 0.6 is 0 Å². The Labute approximate surface area is 155 Å². The summed E-state index contributed by atoms with van der Waals surface area (Å²) in [6.07, 6.45) is 5.80. The van der Waals surface area contributed by atoms with Gasteiger partial charge in [0, 0.05) is 36.6 Å². The molecule has 8 heteroatoms. The number of urea groups is 1. The van der Waals surface area contributed by atoms with E-state index in [2.05, 4.69) is 20.7 Å². The van der Waals surface area contributed by atoms with E-state index < -0.39 is 11.8 Å². The van der Waals surface area contributed by atoms with Crippen molar-refractivity contribution in [3.8, 4) is 5.75 Å². The van der Waals surface area contributed by atoms with Crippen molar-refractivity contribution in [3.63, 3.8) is 0 Å². The molecule has 2 aromatic heterocycles. The number of carbonyl (C=O) groups excluding carboxylic acids is 1. The van der Waals surface area contributed by atoms with Gasteiger partial charge in [-0.3, -0.25) is 15.0 Å². The Morgan fingerprint density at radius 3 is 2.96 bits per heavy atom. The Balaban J connectivity index is 1.39. The molecular weight excluding hydrogens is 349 g/mol. The molecular formula is C19H18FN5O2. The minimum absolute atomic E-state index is 0.204. The second-order valence-electron chi connectivity index (χ2n) is 6.20. The first-order valence-corrected chi connectivity index (χ1v) is 8.60. The van der Waals surface area contributed by atoms with Crippen molar-refractivity contribution in [2.45, 2.75) is 19.0 Å². The SMILES string of the molecule is O=C(Nc1ccn(Cc2ccncc2)n1)N[C@H]1CCOc2c(F)cccc21. The molecule has 1 aromatic carbocycles. The highest BCUT2D eigenvalue weighted by Gasteiger charge is 2.25. The molecule has 1 atom stereocenters. The van der Waals surface area contributed by atoms with Gasteiger partial charge in [-0.05, 0) is 23.8 Å². The first-order valence-electron chi connectivity index (χ1n) is 8.60. The number of anilines is 1. The topological polar surface area (TPSA) is 81.1 Å². The highest BCUT2D eigenvalue weighted by Crippen LogP contribution is 2.33. The van der Waals surface area contributed by atoms with Crippen LogP contribution in [0.4, 0.5) is 15.0 Å². The van der Waals surface area contributed by atoms with E-state index >= 15 is 0 Å². The lowest BCUT2D eigenvalue weighted by Gasteiger charge is -2.26. The summed E-state index contributed by atoms with van der Waals surface area (Å²) < 4.78 is 20.9. The number of nitrogens with one attached hydrogen (secondary N) is 2. The number of ether oxygens (including phenoxy) is 1. The average Bonchev–Trinajstić information content (AvgIpc) is 3.10. The summed E-state index contributed by atoms with van der Waals surface area (Å²) >= 11 is 0. The number of amides is 2. The van der Waals surface area contributed by atoms with Gasteiger partial charge >= 0.3 is 6.03 Å². The highest BCUT2D eigenvalue weighted by molar-refractivity contribution is 5.88. The van der Waals surface area contributed by atoms with Gasteiger partial charge in [0.05, 0.1) is 19.2 Å². The number of benzene rings is 1. The molecule has 0 fully saturated rings. The van der Waals surface area contributed by atoms with Gasteiger partial charge in [-0.1, -0.05) is 12.1 Å². The van der Waals surface area contributed by atoms with Crippen LogP contribution in [0.3, 0.4) is 0 Å². The number of carbonyl (C=O) groups is 1. The van der Waals surface area contributed by atoms with Crippen LogP contribution in [0, 0.1) is 5.82 Å². The van der Waals surface area contributed by atoms with E-state index in [1.54, 1.807) is 41.5 Å². The quantitative estimate of drug-likeness (QED) is 0.742. The molecule has 3 heterocycles. The van der Waals surface area contributed by atoms with Crippen LogP contribution in [0.25, 0.3) is 0 Å². The summed E-state index contributed by atoms with van der Waals surface area (Å²) in [7, 11) is 0. The van der Waals surface area contributed by atoms with Gasteiger partial charge in [0.1, 0.15) is 0 Å². The number of hydrogen-bond donors (Lipinski definition) is 2. The van der Waals surface area contributed by atoms with E-state index in [0.717, 1.165) is 5.56 Å². The maximum absolute atomic E-state index is 13.8. The minimum atomic E-state index is -0.422. The number of rotatable bonds is 4. The summed E-state index contributed by atoms with van der Waals surface area (Å²) in [5.41, 5.74) is 1.70. The maximum atomic E-state index is 13.8. The largest absolute Gasteiger partial charge is 0.490 e. The minimum Gasteiger partial charge on any atom is -0.490 e. The van der Waals surface area contributed by atoms with Crippen molar-refractivity contribution in [2.24, 2.45) is 0 Å². The Morgan fingerprint density at radius 2 is 2.11 bits per heavy atom. The Bertz CT molecular complexity index is 944. The molecule has 0 spiro atoms. The Morgan fingerprint density at radius 1 is 1.26 bits per heavy atom. The van der Waals surface area contributed by atoms with Crippen LogP contribution in [0.15, 0.2) is 55.0 Å². The van der Waals surface area contributed by atoms with Gasteiger partial charge in [-0.2, -0.15) is 5.10 Å². The molecule has 3 aromatic rings. The van der Waals surface area contributed by atoms with Gasteiger partial charge in [0.25, 0.3) is 0 Å². The maximum Gasteiger partial charge on any atom is 0.320 e. The number of hydrogen-bond acceptors (Lipinski definition) is 4. The van der Waals surface area contributed by atoms with Gasteiger partial charge in [-0.25, -0.2) is 9.18 Å². The molecule has 0 unspecified atom stereocenters. The van der Waals surface area contributed by atoms with Crippen molar-refractivity contribution in [1.29, 1.82) is 0 Å². The second-order valence-corrected chi connectivity index (χ2v) is 6.20. The lowest BCUT2D eigenvalue weighted by atomic mass is 10.0. The predicted octanol–water partition coefficient (Wildman–Crippen LogP) is 3.11. The molecule has 0 saturated heterocycles. The second kappa shape index (κ2) is 7.45. The highest BCUT2D eigenvalue weighted by atomic mass is 19.1. The van der Waals surface area contributed by atoms with E-state index in [0.29, 0.717) is 31.0 Å². The molecule has 1 aliphatic rings. The third-order valence-electron chi connectivity index (χ3n) is 4.31. The van der Waals surface area contributed by atoms with Crippen LogP contribution < -0.4 is 15.4 Å². The number of nitrogens with zero attached hydrogens (tertiary/aromatic N) is 3. The molecule has 2 N–H and O–H groups in total. The van der Waals surface area contributed by atoms with Crippen molar-refractivity contribution < 1.29 is 13.9 Å². The van der Waals surface area contributed by atoms with Gasteiger partial charge in [-0.15, -0.1) is 0 Å². The summed E-state index contributed by atoms with van der Waals surface area (Å²) in [6, 6.07) is 9.53. The molecule has 0 aliphatic carbocycles. The molecule has 7 nitrogen and oxygen atoms in total. The predicted molar refractivity (Wildman–Crippen MR) is 97.0 cm³/mol. The molecule has 138 valence electrons. The van der Waals surface area contributed by atoms with E-state index in [4.69, 9.17) is 4.74 Å². The third kappa shape index (κ3) is 3.89. The van der Waals surface area contributed by atoms with E-state index in [1.807, 2.05) is 12.1 Å². The average molecular weight is 367 g/mol. The number of fused-ring (bicyclic) bond motifs is 1. The lowest BCUT2D eigenvalue weighted by molar-refractivity contribution is 0.227. The zero-order chi connectivity index (χ0) is 18.6. The van der Waals surface area contributed by atoms with Crippen LogP contribution in [-0.2, 0) is 6.54 Å². The fraction of sp³-hybridized carbons (Fsp3) is 0.211. The Kier molecular flexibility index (Phi) is 4.69. The van der Waals surface area contributed by atoms with Crippen molar-refractivity contribution in [1.82, 2.24) is 20.1 Å². The molecule has 0 radical (unpaired) electrons. The fourth-order valence-corrected chi connectivity index (χ4v) is 3.04. The summed E-state index contributed by atoms with van der Waals surface area (Å²) in [5.74, 6) is 0.220. The lowest BCUT2D eigenvalue weighted by Crippen LogP contribution is -2.35. The molecule has 1 aliphatic heterocycles. The van der Waals surface area contributed by atoms with Crippen molar-refractivity contribution in [2.75, 3.05) is 11.9 Å². The van der Waals surface area contributed by atoms with Crippen LogP contribution in [0.5, 0.6) is 5.75 Å². The standard InChI is InChI=1S/C19H18FN5O2/c20-15-3-1-2-14-16(7-11-27-18(14)15)22-19(26)23-17-6-10-25(24-17)12-13-4-8-21-9-5-13/h1-6,8-10,16H,7,11-12H2,(H2,22,23,24,26)/t16-/m0/s1. The normalized spacial score (nSPS) is 15.5. The van der Waals surface area contributed by atoms with Gasteiger partial charge in [0.15, 0.2) is 17.4 Å². The summed E-state index contributed by atoms with van der Waals surface area (Å²) in [5, 5.41) is 9.90. The smallest absolute Gasteiger partial charge is 0.320 e. The summed E-state index contributed by atoms with van der Waals surface area (Å²) in [4.78, 5) is 16.3. The molecule has 27 heavy (non-hydrogen) atoms. The van der Waals surface area contributed by atoms with Crippen molar-refractivity contribution in [3.05, 3.63) is 71.9 Å². The molecule has 4 rings (SSSR count). The first kappa shape index (κ1) is 17.0. The molecule has 0 bridgehead atoms. The fourth-order valence-electron chi connectivity index (χ4n) is 3.04. The zero-order valence-electron chi connectivity index (χ0n) is 14.4. The Hall–Kier alpha value is -3.42. The van der Waals surface area contributed by atoms with E-state index in [-0.39, 0.29) is 11.8 Å². The number of aromatic nitrogens is 3. The molecule has 2 amide bonds. The number of pyridine rings is 1. The first-order chi connectivity index (χ1) is 13.2. The zero-order valence-corrected chi connectivity index (χ0v) is 14.4. The molecule has 0 saturated carbocycles. The van der Waals surface area contributed by atoms with Gasteiger partial charge in [0.2, 0.25) is 0 Å². The summed E-state index contributed by atoms with van der Waals surface area (Å²) in [6.45, 7) is 0.928.